The van der Waals surface area contributed by atoms with E-state index in [1.807, 2.05) is 0 Å². The molecule has 1 aliphatic heterocycles. The highest BCUT2D eigenvalue weighted by molar-refractivity contribution is 6.08. The number of hydrogen-bond acceptors (Lipinski definition) is 7. The van der Waals surface area contributed by atoms with Crippen molar-refractivity contribution < 1.29 is 22.4 Å². The summed E-state index contributed by atoms with van der Waals surface area (Å²) in [5.41, 5.74) is 0.931. The van der Waals surface area contributed by atoms with Gasteiger partial charge >= 0.3 is 6.18 Å². The first-order valence-corrected chi connectivity index (χ1v) is 9.74. The van der Waals surface area contributed by atoms with E-state index in [1.165, 1.54) is 46.7 Å². The van der Waals surface area contributed by atoms with Gasteiger partial charge in [-0.2, -0.15) is 18.3 Å². The van der Waals surface area contributed by atoms with E-state index < -0.39 is 18.1 Å². The Kier molecular flexibility index (Phi) is 4.76. The lowest BCUT2D eigenvalue weighted by atomic mass is 10.2. The van der Waals surface area contributed by atoms with Crippen LogP contribution in [-0.2, 0) is 0 Å². The van der Waals surface area contributed by atoms with Gasteiger partial charge in [-0.15, -0.1) is 0 Å². The number of aromatic nitrogens is 5. The minimum absolute atomic E-state index is 0.0101. The minimum atomic E-state index is -4.36. The maximum Gasteiger partial charge on any atom is 0.408 e. The predicted octanol–water partition coefficient (Wildman–Crippen LogP) is 3.56. The van der Waals surface area contributed by atoms with E-state index in [1.54, 1.807) is 12.1 Å². The number of rotatable bonds is 4. The van der Waals surface area contributed by atoms with Crippen LogP contribution in [0.25, 0.3) is 17.0 Å². The maximum absolute atomic E-state index is 13.4. The summed E-state index contributed by atoms with van der Waals surface area (Å²) in [7, 11) is 0. The average molecular weight is 443 g/mol. The normalized spacial score (nSPS) is 16.6. The van der Waals surface area contributed by atoms with Crippen molar-refractivity contribution in [1.82, 2.24) is 24.6 Å². The van der Waals surface area contributed by atoms with E-state index in [0.717, 1.165) is 0 Å². The second-order valence-corrected chi connectivity index (χ2v) is 7.25. The fourth-order valence-corrected chi connectivity index (χ4v) is 3.75. The number of nitrogens with one attached hydrogen (secondary N) is 1. The molecule has 0 bridgehead atoms. The highest BCUT2D eigenvalue weighted by atomic mass is 19.4. The molecule has 4 aromatic rings. The quantitative estimate of drug-likeness (QED) is 0.515. The molecular formula is C20H16F3N7O2. The summed E-state index contributed by atoms with van der Waals surface area (Å²) in [5.74, 6) is 0.379. The fraction of sp³-hybridized carbons (Fsp3) is 0.250. The molecule has 12 heteroatoms. The van der Waals surface area contributed by atoms with Gasteiger partial charge in [0.05, 0.1) is 12.4 Å². The smallest absolute Gasteiger partial charge is 0.408 e. The van der Waals surface area contributed by atoms with Crippen molar-refractivity contribution in [3.63, 3.8) is 0 Å². The molecule has 9 nitrogen and oxygen atoms in total. The largest absolute Gasteiger partial charge is 0.444 e. The Labute approximate surface area is 178 Å². The van der Waals surface area contributed by atoms with Crippen LogP contribution in [0.1, 0.15) is 23.2 Å². The van der Waals surface area contributed by atoms with E-state index in [4.69, 9.17) is 4.42 Å². The summed E-state index contributed by atoms with van der Waals surface area (Å²) in [6.45, 7) is 0.237. The second kappa shape index (κ2) is 7.62. The molecule has 5 heterocycles. The van der Waals surface area contributed by atoms with Crippen LogP contribution >= 0.6 is 0 Å². The number of oxazole rings is 1. The van der Waals surface area contributed by atoms with Crippen LogP contribution in [0.2, 0.25) is 0 Å². The van der Waals surface area contributed by atoms with Crippen molar-refractivity contribution in [2.75, 3.05) is 16.8 Å². The number of carbonyl (C=O) groups is 1. The number of hydrogen-bond donors (Lipinski definition) is 1. The Hall–Kier alpha value is -3.96. The van der Waals surface area contributed by atoms with Gasteiger partial charge in [0.25, 0.3) is 5.91 Å². The number of nitrogens with zero attached hydrogens (tertiary/aromatic N) is 6. The third-order valence-corrected chi connectivity index (χ3v) is 5.24. The van der Waals surface area contributed by atoms with Gasteiger partial charge in [0.15, 0.2) is 17.8 Å². The molecule has 164 valence electrons. The molecule has 1 unspecified atom stereocenters. The summed E-state index contributed by atoms with van der Waals surface area (Å²) < 4.78 is 46.7. The zero-order valence-electron chi connectivity index (χ0n) is 16.5. The fourth-order valence-electron chi connectivity index (χ4n) is 3.75. The summed E-state index contributed by atoms with van der Waals surface area (Å²) in [4.78, 5) is 26.4. The maximum atomic E-state index is 13.4. The first-order valence-electron chi connectivity index (χ1n) is 9.74. The second-order valence-electron chi connectivity index (χ2n) is 7.25. The Morgan fingerprint density at radius 1 is 1.25 bits per heavy atom. The van der Waals surface area contributed by atoms with Gasteiger partial charge in [-0.25, -0.2) is 19.5 Å². The standard InChI is InChI=1S/C20H16F3N7O2/c21-20(22,23)15-2-1-6-29(15)17-4-7-30-18(28-17)13(9-26-30)19(31)27-16-8-12(3-5-25-16)14-10-24-11-32-14/h3-5,7-11,15H,1-2,6H2,(H,25,27,31). The molecule has 4 aromatic heterocycles. The third-order valence-electron chi connectivity index (χ3n) is 5.24. The lowest BCUT2D eigenvalue weighted by Gasteiger charge is -2.27. The predicted molar refractivity (Wildman–Crippen MR) is 107 cm³/mol. The molecular weight excluding hydrogens is 427 g/mol. The number of amides is 1. The van der Waals surface area contributed by atoms with E-state index in [2.05, 4.69) is 25.4 Å². The molecule has 0 radical (unpaired) electrons. The summed E-state index contributed by atoms with van der Waals surface area (Å²) >= 11 is 0. The zero-order valence-corrected chi connectivity index (χ0v) is 16.5. The van der Waals surface area contributed by atoms with Crippen LogP contribution in [0.3, 0.4) is 0 Å². The molecule has 0 saturated carbocycles. The van der Waals surface area contributed by atoms with Crippen molar-refractivity contribution in [1.29, 1.82) is 0 Å². The van der Waals surface area contributed by atoms with Crippen LogP contribution in [0, 0.1) is 0 Å². The molecule has 1 aliphatic rings. The van der Waals surface area contributed by atoms with Gasteiger partial charge in [0.2, 0.25) is 0 Å². The first-order chi connectivity index (χ1) is 15.4. The van der Waals surface area contributed by atoms with Crippen LogP contribution in [-0.4, -0.2) is 49.2 Å². The third kappa shape index (κ3) is 3.63. The number of anilines is 2. The van der Waals surface area contributed by atoms with Crippen molar-refractivity contribution in [2.24, 2.45) is 0 Å². The molecule has 5 rings (SSSR count). The molecule has 32 heavy (non-hydrogen) atoms. The van der Waals surface area contributed by atoms with Crippen LogP contribution in [0.15, 0.2) is 53.8 Å². The first kappa shape index (κ1) is 20.0. The molecule has 1 amide bonds. The highest BCUT2D eigenvalue weighted by Gasteiger charge is 2.46. The molecule has 1 N–H and O–H groups in total. The molecule has 1 atom stereocenters. The molecule has 1 saturated heterocycles. The Balaban J connectivity index is 1.43. The summed E-state index contributed by atoms with van der Waals surface area (Å²) in [5, 5.41) is 6.75. The molecule has 0 spiro atoms. The van der Waals surface area contributed by atoms with Gasteiger partial charge in [-0.05, 0) is 31.0 Å². The van der Waals surface area contributed by atoms with E-state index in [9.17, 15) is 18.0 Å². The number of alkyl halides is 3. The van der Waals surface area contributed by atoms with E-state index in [-0.39, 0.29) is 35.8 Å². The molecule has 0 aromatic carbocycles. The number of halogens is 3. The van der Waals surface area contributed by atoms with Gasteiger partial charge in [-0.1, -0.05) is 0 Å². The Bertz CT molecular complexity index is 1270. The summed E-state index contributed by atoms with van der Waals surface area (Å²) in [6.07, 6.45) is 3.20. The number of fused-ring (bicyclic) bond motifs is 1. The topological polar surface area (TPSA) is 101 Å². The number of pyridine rings is 1. The lowest BCUT2D eigenvalue weighted by molar-refractivity contribution is -0.146. The van der Waals surface area contributed by atoms with E-state index >= 15 is 0 Å². The van der Waals surface area contributed by atoms with Gasteiger partial charge in [0.1, 0.15) is 23.2 Å². The van der Waals surface area contributed by atoms with Crippen LogP contribution in [0.5, 0.6) is 0 Å². The van der Waals surface area contributed by atoms with Crippen molar-refractivity contribution in [3.8, 4) is 11.3 Å². The highest BCUT2D eigenvalue weighted by Crippen LogP contribution is 2.35. The van der Waals surface area contributed by atoms with Gasteiger partial charge in [-0.3, -0.25) is 4.79 Å². The van der Waals surface area contributed by atoms with Crippen molar-refractivity contribution in [2.45, 2.75) is 25.1 Å². The SMILES string of the molecule is O=C(Nc1cc(-c2cnco2)ccn1)c1cnn2ccc(N3CCCC3C(F)(F)F)nc12. The molecule has 1 fully saturated rings. The van der Waals surface area contributed by atoms with Crippen LogP contribution < -0.4 is 10.2 Å². The zero-order chi connectivity index (χ0) is 22.3. The minimum Gasteiger partial charge on any atom is -0.444 e. The number of carbonyl (C=O) groups excluding carboxylic acids is 1. The van der Waals surface area contributed by atoms with E-state index in [0.29, 0.717) is 17.7 Å². The average Bonchev–Trinajstić information content (AvgIpc) is 3.53. The Morgan fingerprint density at radius 3 is 2.91 bits per heavy atom. The van der Waals surface area contributed by atoms with Gasteiger partial charge in [0, 0.05) is 24.5 Å². The van der Waals surface area contributed by atoms with Crippen molar-refractivity contribution in [3.05, 3.63) is 54.9 Å². The van der Waals surface area contributed by atoms with Crippen molar-refractivity contribution >= 4 is 23.2 Å². The van der Waals surface area contributed by atoms with Crippen LogP contribution in [0.4, 0.5) is 24.8 Å². The lowest BCUT2D eigenvalue weighted by Crippen LogP contribution is -2.41. The summed E-state index contributed by atoms with van der Waals surface area (Å²) in [6, 6.07) is 3.18. The monoisotopic (exact) mass is 443 g/mol. The molecule has 0 aliphatic carbocycles. The Morgan fingerprint density at radius 2 is 2.12 bits per heavy atom. The van der Waals surface area contributed by atoms with Gasteiger partial charge < -0.3 is 14.6 Å².